The van der Waals surface area contributed by atoms with Gasteiger partial charge in [0, 0.05) is 13.1 Å². The minimum absolute atomic E-state index is 0.176. The van der Waals surface area contributed by atoms with Crippen LogP contribution in [0.4, 0.5) is 11.6 Å². The molecule has 5 rings (SSSR count). The van der Waals surface area contributed by atoms with Gasteiger partial charge in [0.05, 0.1) is 49.4 Å². The lowest BCUT2D eigenvalue weighted by molar-refractivity contribution is 0.111. The molecule has 4 aromatic rings. The maximum atomic E-state index is 12.7. The lowest BCUT2D eigenvalue weighted by atomic mass is 10.4. The molecule has 0 atom stereocenters. The van der Waals surface area contributed by atoms with Crippen molar-refractivity contribution in [3.8, 4) is 0 Å². The third kappa shape index (κ3) is 2.67. The van der Waals surface area contributed by atoms with Crippen LogP contribution in [0.3, 0.4) is 0 Å². The number of hydrogen-bond acceptors (Lipinski definition) is 8. The predicted molar refractivity (Wildman–Crippen MR) is 103 cm³/mol. The van der Waals surface area contributed by atoms with Crippen LogP contribution in [-0.2, 0) is 11.8 Å². The van der Waals surface area contributed by atoms with Gasteiger partial charge in [-0.3, -0.25) is 4.57 Å². The lowest BCUT2D eigenvalue weighted by Gasteiger charge is -2.28. The average molecular weight is 402 g/mol. The average Bonchev–Trinajstić information content (AvgIpc) is 3.25. The van der Waals surface area contributed by atoms with E-state index in [0.29, 0.717) is 59.8 Å². The SMILES string of the molecule is Cn1c(=O)n(N2CCOCC2)c2nc(Nc3cn4ncnc4cc3Cl)ncc21. The van der Waals surface area contributed by atoms with E-state index in [1.54, 1.807) is 34.7 Å². The molecule has 0 radical (unpaired) electrons. The number of imidazole rings is 1. The summed E-state index contributed by atoms with van der Waals surface area (Å²) in [5.41, 5.74) is 2.20. The van der Waals surface area contributed by atoms with Crippen molar-refractivity contribution in [3.63, 3.8) is 0 Å². The Morgan fingerprint density at radius 3 is 2.89 bits per heavy atom. The van der Waals surface area contributed by atoms with E-state index < -0.39 is 0 Å². The van der Waals surface area contributed by atoms with E-state index in [1.807, 2.05) is 5.01 Å². The summed E-state index contributed by atoms with van der Waals surface area (Å²) in [5, 5.41) is 9.59. The van der Waals surface area contributed by atoms with Crippen LogP contribution in [0.5, 0.6) is 0 Å². The van der Waals surface area contributed by atoms with Crippen molar-refractivity contribution >= 4 is 40.0 Å². The van der Waals surface area contributed by atoms with Crippen LogP contribution in [0.15, 0.2) is 29.6 Å². The van der Waals surface area contributed by atoms with Gasteiger partial charge in [-0.05, 0) is 0 Å². The molecule has 0 unspecified atom stereocenters. The van der Waals surface area contributed by atoms with E-state index >= 15 is 0 Å². The van der Waals surface area contributed by atoms with Crippen molar-refractivity contribution in [3.05, 3.63) is 40.3 Å². The molecule has 5 heterocycles. The molecule has 1 fully saturated rings. The second-order valence-corrected chi connectivity index (χ2v) is 6.75. The number of halogens is 1. The van der Waals surface area contributed by atoms with Crippen LogP contribution in [0.2, 0.25) is 5.02 Å². The highest BCUT2D eigenvalue weighted by Crippen LogP contribution is 2.25. The third-order valence-corrected chi connectivity index (χ3v) is 4.97. The molecule has 144 valence electrons. The second-order valence-electron chi connectivity index (χ2n) is 6.34. The van der Waals surface area contributed by atoms with Gasteiger partial charge in [-0.2, -0.15) is 14.8 Å². The first-order valence-corrected chi connectivity index (χ1v) is 9.03. The first-order valence-electron chi connectivity index (χ1n) is 8.65. The maximum absolute atomic E-state index is 12.7. The highest BCUT2D eigenvalue weighted by atomic mass is 35.5. The zero-order valence-corrected chi connectivity index (χ0v) is 15.7. The van der Waals surface area contributed by atoms with Crippen LogP contribution in [-0.4, -0.2) is 60.1 Å². The number of anilines is 2. The molecule has 12 heteroatoms. The molecule has 1 aliphatic heterocycles. The number of nitrogens with zero attached hydrogens (tertiary/aromatic N) is 8. The summed E-state index contributed by atoms with van der Waals surface area (Å²) < 4.78 is 10.1. The number of nitrogens with one attached hydrogen (secondary N) is 1. The number of fused-ring (bicyclic) bond motifs is 2. The van der Waals surface area contributed by atoms with Gasteiger partial charge in [0.25, 0.3) is 0 Å². The van der Waals surface area contributed by atoms with E-state index in [2.05, 4.69) is 25.4 Å². The molecular formula is C16H16ClN9O2. The number of aromatic nitrogens is 7. The van der Waals surface area contributed by atoms with Gasteiger partial charge in [0.2, 0.25) is 5.95 Å². The Hall–Kier alpha value is -3.18. The molecule has 1 saturated heterocycles. The zero-order chi connectivity index (χ0) is 19.3. The number of rotatable bonds is 3. The highest BCUT2D eigenvalue weighted by molar-refractivity contribution is 6.33. The Morgan fingerprint density at radius 2 is 2.07 bits per heavy atom. The molecule has 0 spiro atoms. The molecule has 0 amide bonds. The first kappa shape index (κ1) is 17.0. The fourth-order valence-electron chi connectivity index (χ4n) is 3.21. The molecule has 0 bridgehead atoms. The minimum Gasteiger partial charge on any atom is -0.378 e. The molecule has 0 aromatic carbocycles. The van der Waals surface area contributed by atoms with Crippen molar-refractivity contribution in [1.29, 1.82) is 0 Å². The molecule has 11 nitrogen and oxygen atoms in total. The summed E-state index contributed by atoms with van der Waals surface area (Å²) in [6.07, 6.45) is 4.77. The summed E-state index contributed by atoms with van der Waals surface area (Å²) >= 11 is 6.33. The van der Waals surface area contributed by atoms with Gasteiger partial charge in [0.1, 0.15) is 11.8 Å². The van der Waals surface area contributed by atoms with Gasteiger partial charge in [-0.15, -0.1) is 0 Å². The molecule has 1 aliphatic rings. The molecule has 0 aliphatic carbocycles. The topological polar surface area (TPSA) is 107 Å². The molecular weight excluding hydrogens is 386 g/mol. The lowest BCUT2D eigenvalue weighted by Crippen LogP contribution is -2.48. The van der Waals surface area contributed by atoms with Crippen molar-refractivity contribution in [1.82, 2.24) is 33.8 Å². The van der Waals surface area contributed by atoms with Crippen molar-refractivity contribution in [2.75, 3.05) is 36.6 Å². The summed E-state index contributed by atoms with van der Waals surface area (Å²) in [4.78, 5) is 25.7. The maximum Gasteiger partial charge on any atom is 0.349 e. The number of pyridine rings is 1. The zero-order valence-electron chi connectivity index (χ0n) is 14.9. The van der Waals surface area contributed by atoms with Crippen LogP contribution in [0.1, 0.15) is 0 Å². The van der Waals surface area contributed by atoms with Gasteiger partial charge >= 0.3 is 5.69 Å². The molecule has 0 saturated carbocycles. The van der Waals surface area contributed by atoms with Crippen LogP contribution in [0, 0.1) is 0 Å². The molecule has 28 heavy (non-hydrogen) atoms. The van der Waals surface area contributed by atoms with E-state index in [0.717, 1.165) is 0 Å². The quantitative estimate of drug-likeness (QED) is 0.530. The van der Waals surface area contributed by atoms with Gasteiger partial charge in [-0.1, -0.05) is 11.6 Å². The van der Waals surface area contributed by atoms with Gasteiger partial charge in [-0.25, -0.2) is 19.3 Å². The standard InChI is InChI=1S/C16H16ClN9O2/c1-23-12-7-18-15(21-11-8-25-13(6-10(11)17)19-9-20-25)22-14(12)26(16(23)27)24-2-4-28-5-3-24/h6-9H,2-5H2,1H3,(H,18,21,22). The van der Waals surface area contributed by atoms with Gasteiger partial charge < -0.3 is 15.1 Å². The second kappa shape index (κ2) is 6.46. The fourth-order valence-corrected chi connectivity index (χ4v) is 3.41. The minimum atomic E-state index is -0.176. The Labute approximate surface area is 163 Å². The van der Waals surface area contributed by atoms with Crippen LogP contribution < -0.4 is 16.0 Å². The number of ether oxygens (including phenoxy) is 1. The summed E-state index contributed by atoms with van der Waals surface area (Å²) in [7, 11) is 1.70. The van der Waals surface area contributed by atoms with E-state index in [1.165, 1.54) is 10.9 Å². The summed E-state index contributed by atoms with van der Waals surface area (Å²) in [6, 6.07) is 1.70. The van der Waals surface area contributed by atoms with Crippen molar-refractivity contribution in [2.45, 2.75) is 0 Å². The summed E-state index contributed by atoms with van der Waals surface area (Å²) in [6.45, 7) is 2.35. The first-order chi connectivity index (χ1) is 13.6. The number of hydrogen-bond donors (Lipinski definition) is 1. The fraction of sp³-hybridized carbons (Fsp3) is 0.312. The Balaban J connectivity index is 1.58. The van der Waals surface area contributed by atoms with Crippen molar-refractivity contribution in [2.24, 2.45) is 7.05 Å². The Morgan fingerprint density at radius 1 is 1.25 bits per heavy atom. The summed E-state index contributed by atoms with van der Waals surface area (Å²) in [5.74, 6) is 0.321. The smallest absolute Gasteiger partial charge is 0.349 e. The Kier molecular flexibility index (Phi) is 3.91. The largest absolute Gasteiger partial charge is 0.378 e. The van der Waals surface area contributed by atoms with Crippen molar-refractivity contribution < 1.29 is 4.74 Å². The normalized spacial score (nSPS) is 14.9. The molecule has 4 aromatic heterocycles. The van der Waals surface area contributed by atoms with E-state index in [-0.39, 0.29) is 5.69 Å². The Bertz CT molecular complexity index is 1240. The highest BCUT2D eigenvalue weighted by Gasteiger charge is 2.20. The monoisotopic (exact) mass is 401 g/mol. The van der Waals surface area contributed by atoms with Gasteiger partial charge in [0.15, 0.2) is 11.3 Å². The third-order valence-electron chi connectivity index (χ3n) is 4.66. The number of morpholine rings is 1. The van der Waals surface area contributed by atoms with Crippen LogP contribution >= 0.6 is 11.6 Å². The number of aryl methyl sites for hydroxylation is 1. The van der Waals surface area contributed by atoms with E-state index in [4.69, 9.17) is 16.3 Å². The molecule has 1 N–H and O–H groups in total. The van der Waals surface area contributed by atoms with E-state index in [9.17, 15) is 4.79 Å². The van der Waals surface area contributed by atoms with Crippen LogP contribution in [0.25, 0.3) is 16.8 Å². The predicted octanol–water partition coefficient (Wildman–Crippen LogP) is 0.538.